The van der Waals surface area contributed by atoms with E-state index in [-0.39, 0.29) is 12.5 Å². The smallest absolute Gasteiger partial charge is 0.140 e. The number of rotatable bonds is 9. The largest absolute Gasteiger partial charge is 0.493 e. The van der Waals surface area contributed by atoms with Crippen LogP contribution in [0.4, 0.5) is 5.82 Å². The van der Waals surface area contributed by atoms with Gasteiger partial charge in [-0.05, 0) is 11.6 Å². The van der Waals surface area contributed by atoms with Crippen LogP contribution in [-0.4, -0.2) is 52.7 Å². The van der Waals surface area contributed by atoms with Gasteiger partial charge in [0.2, 0.25) is 0 Å². The Labute approximate surface area is 202 Å². The van der Waals surface area contributed by atoms with Crippen LogP contribution in [0.15, 0.2) is 67.4 Å². The summed E-state index contributed by atoms with van der Waals surface area (Å²) in [6, 6.07) is 13.9. The highest BCUT2D eigenvalue weighted by Crippen LogP contribution is 2.24. The van der Waals surface area contributed by atoms with Crippen LogP contribution in [0, 0.1) is 5.92 Å². The Morgan fingerprint density at radius 3 is 2.66 bits per heavy atom. The maximum atomic E-state index is 9.18. The highest BCUT2D eigenvalue weighted by molar-refractivity contribution is 5.63. The van der Waals surface area contributed by atoms with E-state index >= 15 is 0 Å². The van der Waals surface area contributed by atoms with Crippen LogP contribution in [0.5, 0.6) is 5.75 Å². The van der Waals surface area contributed by atoms with Crippen LogP contribution in [0.2, 0.25) is 0 Å². The summed E-state index contributed by atoms with van der Waals surface area (Å²) >= 11 is 0. The first-order valence-corrected chi connectivity index (χ1v) is 11.3. The number of pyridine rings is 1. The lowest BCUT2D eigenvalue weighted by Gasteiger charge is -2.11. The van der Waals surface area contributed by atoms with Gasteiger partial charge < -0.3 is 15.2 Å². The van der Waals surface area contributed by atoms with Crippen LogP contribution in [-0.2, 0) is 13.6 Å². The minimum atomic E-state index is 0.0737. The molecule has 0 fully saturated rings. The van der Waals surface area contributed by atoms with E-state index in [0.29, 0.717) is 18.9 Å². The number of aryl methyl sites for hydroxylation is 1. The van der Waals surface area contributed by atoms with E-state index in [9.17, 15) is 5.11 Å². The second-order valence-electron chi connectivity index (χ2n) is 8.39. The molecule has 4 heterocycles. The molecule has 1 aromatic carbocycles. The summed E-state index contributed by atoms with van der Waals surface area (Å²) in [6.07, 6.45) is 6.99. The Hall–Kier alpha value is -4.31. The van der Waals surface area contributed by atoms with Gasteiger partial charge in [0.25, 0.3) is 0 Å². The fourth-order valence-electron chi connectivity index (χ4n) is 3.59. The molecule has 0 aliphatic heterocycles. The highest BCUT2D eigenvalue weighted by Gasteiger charge is 2.10. The van der Waals surface area contributed by atoms with Crippen molar-refractivity contribution in [2.75, 3.05) is 18.5 Å². The number of aromatic nitrogens is 7. The molecule has 0 saturated heterocycles. The molecule has 0 aliphatic rings. The van der Waals surface area contributed by atoms with Gasteiger partial charge >= 0.3 is 0 Å². The number of aliphatic hydroxyl groups excluding tert-OH is 1. The summed E-state index contributed by atoms with van der Waals surface area (Å²) in [4.78, 5) is 14.9. The average Bonchev–Trinajstić information content (AvgIpc) is 3.52. The topological polar surface area (TPSA) is 115 Å². The molecule has 0 radical (unpaired) electrons. The Balaban J connectivity index is 1.27. The first kappa shape index (κ1) is 22.5. The van der Waals surface area contributed by atoms with Gasteiger partial charge in [0.05, 0.1) is 30.4 Å². The second kappa shape index (κ2) is 9.90. The third-order valence-corrected chi connectivity index (χ3v) is 5.58. The van der Waals surface area contributed by atoms with E-state index in [4.69, 9.17) is 4.74 Å². The van der Waals surface area contributed by atoms with Crippen molar-refractivity contribution < 1.29 is 9.84 Å². The summed E-state index contributed by atoms with van der Waals surface area (Å²) in [5.74, 6) is 1.51. The molecule has 0 bridgehead atoms. The van der Waals surface area contributed by atoms with Crippen LogP contribution < -0.4 is 10.1 Å². The van der Waals surface area contributed by atoms with Crippen LogP contribution >= 0.6 is 0 Å². The summed E-state index contributed by atoms with van der Waals surface area (Å²) in [6.45, 7) is 3.09. The van der Waals surface area contributed by atoms with Crippen molar-refractivity contribution in [3.05, 3.63) is 72.9 Å². The molecule has 10 nitrogen and oxygen atoms in total. The van der Waals surface area contributed by atoms with Crippen molar-refractivity contribution in [1.82, 2.24) is 34.3 Å². The predicted octanol–water partition coefficient (Wildman–Crippen LogP) is 3.21. The summed E-state index contributed by atoms with van der Waals surface area (Å²) in [5.41, 5.74) is 5.36. The third kappa shape index (κ3) is 5.12. The molecule has 1 atom stereocenters. The number of ether oxygens (including phenoxy) is 1. The molecule has 2 N–H and O–H groups in total. The molecule has 0 aliphatic carbocycles. The maximum Gasteiger partial charge on any atom is 0.140 e. The number of aliphatic hydroxyl groups is 1. The maximum absolute atomic E-state index is 9.18. The monoisotopic (exact) mass is 470 g/mol. The number of hydrogen-bond donors (Lipinski definition) is 2. The van der Waals surface area contributed by atoms with Gasteiger partial charge in [0.15, 0.2) is 0 Å². The minimum absolute atomic E-state index is 0.0737. The molecular weight excluding hydrogens is 444 g/mol. The van der Waals surface area contributed by atoms with Crippen LogP contribution in [0.3, 0.4) is 0 Å². The van der Waals surface area contributed by atoms with Gasteiger partial charge in [-0.15, -0.1) is 0 Å². The van der Waals surface area contributed by atoms with E-state index in [1.807, 2.05) is 47.9 Å². The Morgan fingerprint density at radius 1 is 1.03 bits per heavy atom. The third-order valence-electron chi connectivity index (χ3n) is 5.58. The number of imidazole rings is 1. The van der Waals surface area contributed by atoms with Crippen molar-refractivity contribution in [2.45, 2.75) is 13.5 Å². The Kier molecular flexibility index (Phi) is 6.36. The van der Waals surface area contributed by atoms with Crippen molar-refractivity contribution in [3.8, 4) is 28.4 Å². The van der Waals surface area contributed by atoms with Gasteiger partial charge in [-0.3, -0.25) is 4.40 Å². The molecule has 5 aromatic rings. The summed E-state index contributed by atoms with van der Waals surface area (Å²) in [5, 5.41) is 21.0. The molecule has 0 saturated carbocycles. The van der Waals surface area contributed by atoms with E-state index < -0.39 is 0 Å². The molecule has 5 rings (SSSR count). The summed E-state index contributed by atoms with van der Waals surface area (Å²) in [7, 11) is 1.80. The van der Waals surface area contributed by atoms with E-state index in [1.54, 1.807) is 30.6 Å². The zero-order valence-corrected chi connectivity index (χ0v) is 19.5. The first-order valence-electron chi connectivity index (χ1n) is 11.3. The van der Waals surface area contributed by atoms with Gasteiger partial charge in [-0.2, -0.15) is 15.0 Å². The number of hydrogen-bond acceptors (Lipinski definition) is 8. The highest BCUT2D eigenvalue weighted by atomic mass is 16.5. The zero-order chi connectivity index (χ0) is 24.2. The first-order chi connectivity index (χ1) is 17.1. The lowest BCUT2D eigenvalue weighted by atomic mass is 10.1. The molecule has 178 valence electrons. The molecular formula is C25H26N8O2. The number of anilines is 1. The molecule has 1 unspecified atom stereocenters. The van der Waals surface area contributed by atoms with Crippen LogP contribution in [0.25, 0.3) is 28.3 Å². The molecule has 35 heavy (non-hydrogen) atoms. The van der Waals surface area contributed by atoms with Gasteiger partial charge in [-0.25, -0.2) is 15.0 Å². The minimum Gasteiger partial charge on any atom is -0.493 e. The fourth-order valence-corrected chi connectivity index (χ4v) is 3.59. The van der Waals surface area contributed by atoms with E-state index in [1.165, 1.54) is 0 Å². The SMILES string of the molecule is CC(CO)COc1ccn2c(-c3cc(NCc4ccc(-c5cnn(C)n5)cc4)ncn3)cnc2c1. The Morgan fingerprint density at radius 2 is 1.89 bits per heavy atom. The van der Waals surface area contributed by atoms with Gasteiger partial charge in [0.1, 0.15) is 29.2 Å². The Bertz CT molecular complexity index is 1430. The van der Waals surface area contributed by atoms with Crippen molar-refractivity contribution in [3.63, 3.8) is 0 Å². The van der Waals surface area contributed by atoms with E-state index in [2.05, 4.69) is 42.6 Å². The average molecular weight is 471 g/mol. The van der Waals surface area contributed by atoms with Crippen LogP contribution in [0.1, 0.15) is 12.5 Å². The number of benzene rings is 1. The standard InChI is InChI=1S/C25H26N8O2/c1-17(14-34)15-35-20-7-8-33-23(13-27-25(33)9-20)21-10-24(29-16-28-21)26-11-18-3-5-19(6-4-18)22-12-30-32(2)31-22/h3-10,12-13,16-17,34H,11,14-15H2,1-2H3,(H,26,28,29). The van der Waals surface area contributed by atoms with Crippen molar-refractivity contribution >= 4 is 11.5 Å². The van der Waals surface area contributed by atoms with Gasteiger partial charge in [0, 0.05) is 50.0 Å². The van der Waals surface area contributed by atoms with Gasteiger partial charge in [-0.1, -0.05) is 31.2 Å². The number of nitrogens with zero attached hydrogens (tertiary/aromatic N) is 7. The molecule has 0 amide bonds. The lowest BCUT2D eigenvalue weighted by molar-refractivity contribution is 0.174. The number of nitrogens with one attached hydrogen (secondary N) is 1. The molecule has 4 aromatic heterocycles. The second-order valence-corrected chi connectivity index (χ2v) is 8.39. The number of fused-ring (bicyclic) bond motifs is 1. The zero-order valence-electron chi connectivity index (χ0n) is 19.5. The predicted molar refractivity (Wildman–Crippen MR) is 132 cm³/mol. The molecule has 0 spiro atoms. The van der Waals surface area contributed by atoms with Crippen molar-refractivity contribution in [1.29, 1.82) is 0 Å². The lowest BCUT2D eigenvalue weighted by Crippen LogP contribution is -2.12. The van der Waals surface area contributed by atoms with E-state index in [0.717, 1.165) is 39.7 Å². The summed E-state index contributed by atoms with van der Waals surface area (Å²) < 4.78 is 7.71. The quantitative estimate of drug-likeness (QED) is 0.337. The normalized spacial score (nSPS) is 12.1. The fraction of sp³-hybridized carbons (Fsp3) is 0.240. The van der Waals surface area contributed by atoms with Crippen molar-refractivity contribution in [2.24, 2.45) is 13.0 Å². The molecule has 10 heteroatoms.